The summed E-state index contributed by atoms with van der Waals surface area (Å²) in [6.45, 7) is 6.29. The van der Waals surface area contributed by atoms with E-state index in [1.165, 1.54) is 28.7 Å². The highest BCUT2D eigenvalue weighted by molar-refractivity contribution is 7.99. The molecule has 2 aromatic heterocycles. The van der Waals surface area contributed by atoms with Crippen molar-refractivity contribution >= 4 is 44.9 Å². The summed E-state index contributed by atoms with van der Waals surface area (Å²) in [6.07, 6.45) is 0. The number of rotatable bonds is 6. The number of anilines is 1. The highest BCUT2D eigenvalue weighted by Crippen LogP contribution is 2.32. The maximum atomic E-state index is 12.8. The smallest absolute Gasteiger partial charge is 0.260 e. The minimum Gasteiger partial charge on any atom is -0.325 e. The third-order valence-corrected chi connectivity index (χ3v) is 6.70. The maximum Gasteiger partial charge on any atom is 0.260 e. The number of nitrogens with one attached hydrogen (secondary N) is 2. The quantitative estimate of drug-likeness (QED) is 0.288. The molecule has 0 fully saturated rings. The second-order valence-corrected chi connectivity index (χ2v) is 9.51. The van der Waals surface area contributed by atoms with Crippen LogP contribution < -0.4 is 10.9 Å². The molecule has 0 atom stereocenters. The maximum absolute atomic E-state index is 12.8. The van der Waals surface area contributed by atoms with Gasteiger partial charge in [0, 0.05) is 16.6 Å². The van der Waals surface area contributed by atoms with Crippen molar-refractivity contribution in [3.05, 3.63) is 75.4 Å². The first-order valence-corrected chi connectivity index (χ1v) is 11.9. The fourth-order valence-electron chi connectivity index (χ4n) is 3.31. The van der Waals surface area contributed by atoms with E-state index in [1.807, 2.05) is 36.6 Å². The highest BCUT2D eigenvalue weighted by Gasteiger charge is 2.14. The highest BCUT2D eigenvalue weighted by atomic mass is 32.2. The van der Waals surface area contributed by atoms with Crippen LogP contribution in [-0.2, 0) is 4.79 Å². The number of carbonyl (C=O) groups excluding carboxylic acids is 1. The number of benzene rings is 2. The fraction of sp³-hybridized carbons (Fsp3) is 0.208. The van der Waals surface area contributed by atoms with Gasteiger partial charge in [-0.25, -0.2) is 4.98 Å². The van der Waals surface area contributed by atoms with E-state index in [2.05, 4.69) is 53.4 Å². The van der Waals surface area contributed by atoms with Crippen LogP contribution in [0.2, 0.25) is 0 Å². The van der Waals surface area contributed by atoms with E-state index in [1.54, 1.807) is 0 Å². The molecule has 0 radical (unpaired) electrons. The average Bonchev–Trinajstić information content (AvgIpc) is 3.17. The van der Waals surface area contributed by atoms with Gasteiger partial charge in [0.1, 0.15) is 4.83 Å². The summed E-state index contributed by atoms with van der Waals surface area (Å²) < 4.78 is 0. The predicted molar refractivity (Wildman–Crippen MR) is 130 cm³/mol. The lowest BCUT2D eigenvalue weighted by molar-refractivity contribution is -0.113. The Morgan fingerprint density at radius 2 is 1.97 bits per heavy atom. The molecule has 31 heavy (non-hydrogen) atoms. The van der Waals surface area contributed by atoms with E-state index < -0.39 is 0 Å². The fourth-order valence-corrected chi connectivity index (χ4v) is 4.98. The van der Waals surface area contributed by atoms with Crippen molar-refractivity contribution in [1.29, 1.82) is 0 Å². The third kappa shape index (κ3) is 4.89. The zero-order chi connectivity index (χ0) is 22.0. The largest absolute Gasteiger partial charge is 0.325 e. The molecule has 0 saturated carbocycles. The molecular weight excluding hydrogens is 426 g/mol. The Morgan fingerprint density at radius 1 is 1.19 bits per heavy atom. The standard InChI is InChI=1S/C24H23N3O2S2/c1-14(2)16-7-9-17(10-8-16)19-12-30-23-21(19)22(29)26-24(27-23)31-13-20(28)25-18-6-4-5-15(3)11-18/h4-12,14H,13H2,1-3H3,(H,25,28)(H,26,27,29). The summed E-state index contributed by atoms with van der Waals surface area (Å²) in [5.41, 5.74) is 4.80. The predicted octanol–water partition coefficient (Wildman–Crippen LogP) is 5.81. The summed E-state index contributed by atoms with van der Waals surface area (Å²) in [5.74, 6) is 0.480. The molecule has 0 aliphatic heterocycles. The van der Waals surface area contributed by atoms with E-state index >= 15 is 0 Å². The minimum atomic E-state index is -0.184. The van der Waals surface area contributed by atoms with Crippen LogP contribution in [0.1, 0.15) is 30.9 Å². The van der Waals surface area contributed by atoms with Gasteiger partial charge in [0.25, 0.3) is 5.56 Å². The molecule has 1 amide bonds. The number of aromatic amines is 1. The van der Waals surface area contributed by atoms with Crippen molar-refractivity contribution in [1.82, 2.24) is 9.97 Å². The Hall–Kier alpha value is -2.90. The zero-order valence-corrected chi connectivity index (χ0v) is 19.2. The lowest BCUT2D eigenvalue weighted by Gasteiger charge is -2.07. The van der Waals surface area contributed by atoms with Crippen LogP contribution in [-0.4, -0.2) is 21.6 Å². The Morgan fingerprint density at radius 3 is 2.68 bits per heavy atom. The lowest BCUT2D eigenvalue weighted by Crippen LogP contribution is -2.15. The number of hydrogen-bond acceptors (Lipinski definition) is 5. The molecule has 0 spiro atoms. The van der Waals surface area contributed by atoms with Crippen LogP contribution in [0.3, 0.4) is 0 Å². The number of thioether (sulfide) groups is 1. The number of H-pyrrole nitrogens is 1. The molecule has 158 valence electrons. The Labute approximate surface area is 188 Å². The molecule has 2 N–H and O–H groups in total. The van der Waals surface area contributed by atoms with Gasteiger partial charge in [-0.1, -0.05) is 62.0 Å². The van der Waals surface area contributed by atoms with Gasteiger partial charge in [0.15, 0.2) is 5.16 Å². The molecule has 5 nitrogen and oxygen atoms in total. The van der Waals surface area contributed by atoms with Gasteiger partial charge in [-0.3, -0.25) is 9.59 Å². The van der Waals surface area contributed by atoms with E-state index in [9.17, 15) is 9.59 Å². The van der Waals surface area contributed by atoms with Gasteiger partial charge in [-0.05, 0) is 41.7 Å². The first kappa shape index (κ1) is 21.3. The van der Waals surface area contributed by atoms with Crippen LogP contribution in [0, 0.1) is 6.92 Å². The summed E-state index contributed by atoms with van der Waals surface area (Å²) in [4.78, 5) is 33.1. The zero-order valence-electron chi connectivity index (χ0n) is 17.6. The monoisotopic (exact) mass is 449 g/mol. The molecule has 4 rings (SSSR count). The Balaban J connectivity index is 1.51. The summed E-state index contributed by atoms with van der Waals surface area (Å²) in [5, 5.41) is 5.87. The number of hydrogen-bond donors (Lipinski definition) is 2. The second kappa shape index (κ2) is 9.08. The molecule has 0 unspecified atom stereocenters. The van der Waals surface area contributed by atoms with Gasteiger partial charge in [0.2, 0.25) is 5.91 Å². The van der Waals surface area contributed by atoms with Crippen molar-refractivity contribution in [3.8, 4) is 11.1 Å². The summed E-state index contributed by atoms with van der Waals surface area (Å²) >= 11 is 2.66. The number of thiophene rings is 1. The number of aromatic nitrogens is 2. The molecule has 2 heterocycles. The molecule has 0 bridgehead atoms. The van der Waals surface area contributed by atoms with Crippen LogP contribution in [0.15, 0.2) is 63.9 Å². The minimum absolute atomic E-state index is 0.143. The lowest BCUT2D eigenvalue weighted by atomic mass is 9.99. The van der Waals surface area contributed by atoms with E-state index in [0.717, 1.165) is 22.4 Å². The SMILES string of the molecule is Cc1cccc(NC(=O)CSc2nc3scc(-c4ccc(C(C)C)cc4)c3c(=O)[nH]2)c1. The average molecular weight is 450 g/mol. The van der Waals surface area contributed by atoms with Crippen LogP contribution in [0.4, 0.5) is 5.69 Å². The van der Waals surface area contributed by atoms with Gasteiger partial charge < -0.3 is 10.3 Å². The molecule has 2 aromatic carbocycles. The Bertz CT molecular complexity index is 1290. The van der Waals surface area contributed by atoms with Crippen LogP contribution in [0.5, 0.6) is 0 Å². The molecule has 7 heteroatoms. The normalized spacial score (nSPS) is 11.2. The molecule has 4 aromatic rings. The van der Waals surface area contributed by atoms with Gasteiger partial charge in [0.05, 0.1) is 11.1 Å². The van der Waals surface area contributed by atoms with Crippen molar-refractivity contribution in [2.24, 2.45) is 0 Å². The van der Waals surface area contributed by atoms with E-state index in [4.69, 9.17) is 0 Å². The van der Waals surface area contributed by atoms with Crippen LogP contribution in [0.25, 0.3) is 21.3 Å². The topological polar surface area (TPSA) is 74.8 Å². The number of fused-ring (bicyclic) bond motifs is 1. The molecule has 0 aliphatic carbocycles. The summed E-state index contributed by atoms with van der Waals surface area (Å²) in [7, 11) is 0. The number of amides is 1. The first-order chi connectivity index (χ1) is 14.9. The number of aryl methyl sites for hydroxylation is 1. The van der Waals surface area contributed by atoms with Gasteiger partial charge >= 0.3 is 0 Å². The Kier molecular flexibility index (Phi) is 6.25. The molecule has 0 aliphatic rings. The first-order valence-electron chi connectivity index (χ1n) is 10.0. The summed E-state index contributed by atoms with van der Waals surface area (Å²) in [6, 6.07) is 15.9. The van der Waals surface area contributed by atoms with E-state index in [-0.39, 0.29) is 17.2 Å². The van der Waals surface area contributed by atoms with Crippen molar-refractivity contribution in [3.63, 3.8) is 0 Å². The van der Waals surface area contributed by atoms with Crippen LogP contribution >= 0.6 is 23.1 Å². The molecular formula is C24H23N3O2S2. The van der Waals surface area contributed by atoms with Crippen molar-refractivity contribution in [2.75, 3.05) is 11.1 Å². The van der Waals surface area contributed by atoms with Crippen molar-refractivity contribution in [2.45, 2.75) is 31.8 Å². The molecule has 0 saturated heterocycles. The third-order valence-electron chi connectivity index (χ3n) is 4.95. The van der Waals surface area contributed by atoms with Crippen molar-refractivity contribution < 1.29 is 4.79 Å². The van der Waals surface area contributed by atoms with Gasteiger partial charge in [-0.2, -0.15) is 0 Å². The van der Waals surface area contributed by atoms with E-state index in [0.29, 0.717) is 21.3 Å². The van der Waals surface area contributed by atoms with Gasteiger partial charge in [-0.15, -0.1) is 11.3 Å². The number of carbonyl (C=O) groups is 1. The number of nitrogens with zero attached hydrogens (tertiary/aromatic N) is 1. The second-order valence-electron chi connectivity index (χ2n) is 7.68.